The zero-order valence-electron chi connectivity index (χ0n) is 18.8. The molecule has 3 aromatic heterocycles. The number of aryl methyl sites for hydroxylation is 1. The third-order valence-electron chi connectivity index (χ3n) is 5.84. The highest BCUT2D eigenvalue weighted by atomic mass is 32.2. The highest BCUT2D eigenvalue weighted by Crippen LogP contribution is 2.34. The van der Waals surface area contributed by atoms with Gasteiger partial charge in [0.2, 0.25) is 0 Å². The Morgan fingerprint density at radius 1 is 1.26 bits per heavy atom. The Bertz CT molecular complexity index is 1480. The predicted octanol–water partition coefficient (Wildman–Crippen LogP) is 4.48. The summed E-state index contributed by atoms with van der Waals surface area (Å²) < 4.78 is 31.6. The van der Waals surface area contributed by atoms with Gasteiger partial charge in [0.1, 0.15) is 5.75 Å². The number of sulfone groups is 1. The van der Waals surface area contributed by atoms with Crippen LogP contribution in [0.3, 0.4) is 0 Å². The van der Waals surface area contributed by atoms with Gasteiger partial charge < -0.3 is 10.1 Å². The largest absolute Gasteiger partial charge is 0.492 e. The van der Waals surface area contributed by atoms with Crippen molar-refractivity contribution in [1.29, 1.82) is 0 Å². The Kier molecular flexibility index (Phi) is 5.86. The quantitative estimate of drug-likeness (QED) is 0.422. The number of ether oxygens (including phenoxy) is 1. The molecular formula is C24H24N4O4S2. The zero-order valence-corrected chi connectivity index (χ0v) is 20.4. The second-order valence-corrected chi connectivity index (χ2v) is 11.4. The van der Waals surface area contributed by atoms with Gasteiger partial charge >= 0.3 is 0 Å². The van der Waals surface area contributed by atoms with Crippen LogP contribution in [-0.4, -0.2) is 47.2 Å². The van der Waals surface area contributed by atoms with E-state index in [1.54, 1.807) is 16.8 Å². The number of fused-ring (bicyclic) bond motifs is 1. The first-order valence-corrected chi connectivity index (χ1v) is 13.7. The highest BCUT2D eigenvalue weighted by molar-refractivity contribution is 7.91. The molecule has 1 fully saturated rings. The van der Waals surface area contributed by atoms with Gasteiger partial charge in [-0.1, -0.05) is 18.2 Å². The van der Waals surface area contributed by atoms with Crippen molar-refractivity contribution in [2.45, 2.75) is 26.3 Å². The summed E-state index contributed by atoms with van der Waals surface area (Å²) in [6.45, 7) is 4.18. The molecule has 0 aliphatic carbocycles. The molecular weight excluding hydrogens is 472 g/mol. The van der Waals surface area contributed by atoms with Crippen molar-refractivity contribution < 1.29 is 17.9 Å². The minimum atomic E-state index is -3.11. The Balaban J connectivity index is 1.64. The number of para-hydroxylation sites is 2. The van der Waals surface area contributed by atoms with Crippen molar-refractivity contribution in [2.24, 2.45) is 0 Å². The van der Waals surface area contributed by atoms with Gasteiger partial charge in [0, 0.05) is 0 Å². The summed E-state index contributed by atoms with van der Waals surface area (Å²) in [4.78, 5) is 19.3. The fraction of sp³-hybridized carbons (Fsp3) is 0.292. The summed E-state index contributed by atoms with van der Waals surface area (Å²) in [7, 11) is -3.11. The van der Waals surface area contributed by atoms with Crippen LogP contribution in [0.1, 0.15) is 35.4 Å². The summed E-state index contributed by atoms with van der Waals surface area (Å²) >= 11 is 1.52. The highest BCUT2D eigenvalue weighted by Gasteiger charge is 2.32. The number of hydrogen-bond donors (Lipinski definition) is 1. The van der Waals surface area contributed by atoms with Crippen LogP contribution in [0.2, 0.25) is 0 Å². The summed E-state index contributed by atoms with van der Waals surface area (Å²) in [6.07, 6.45) is 0.479. The molecule has 4 heterocycles. The number of nitrogens with one attached hydrogen (secondary N) is 1. The topological polar surface area (TPSA) is 103 Å². The van der Waals surface area contributed by atoms with Gasteiger partial charge in [0.15, 0.2) is 15.5 Å². The molecule has 4 aromatic rings. The lowest BCUT2D eigenvalue weighted by Crippen LogP contribution is -2.15. The van der Waals surface area contributed by atoms with E-state index in [4.69, 9.17) is 9.72 Å². The van der Waals surface area contributed by atoms with Crippen LogP contribution in [0, 0.1) is 6.92 Å². The summed E-state index contributed by atoms with van der Waals surface area (Å²) in [5.41, 5.74) is 2.81. The first-order chi connectivity index (χ1) is 16.4. The van der Waals surface area contributed by atoms with E-state index in [1.807, 2.05) is 49.6 Å². The maximum Gasteiger partial charge on any atom is 0.256 e. The number of hydrogen-bond acceptors (Lipinski definition) is 7. The van der Waals surface area contributed by atoms with Crippen LogP contribution in [0.25, 0.3) is 21.6 Å². The van der Waals surface area contributed by atoms with E-state index >= 15 is 0 Å². The van der Waals surface area contributed by atoms with E-state index in [2.05, 4.69) is 10.4 Å². The Labute approximate surface area is 201 Å². The standard InChI is InChI=1S/C24H24N4O4S2/c1-3-32-20-8-5-4-7-18(20)26-24(29)17-13-19(21-9-6-11-33-21)25-23-22(17)15(2)27-28(23)16-10-12-34(30,31)14-16/h4-9,11,13,16H,3,10,12,14H2,1-2H3,(H,26,29). The van der Waals surface area contributed by atoms with E-state index < -0.39 is 9.84 Å². The molecule has 1 unspecified atom stereocenters. The average molecular weight is 497 g/mol. The number of rotatable bonds is 6. The molecule has 34 heavy (non-hydrogen) atoms. The maximum atomic E-state index is 13.6. The van der Waals surface area contributed by atoms with E-state index in [-0.39, 0.29) is 23.5 Å². The number of carbonyl (C=O) groups is 1. The number of anilines is 1. The van der Waals surface area contributed by atoms with Crippen molar-refractivity contribution in [1.82, 2.24) is 14.8 Å². The zero-order chi connectivity index (χ0) is 23.9. The van der Waals surface area contributed by atoms with Crippen LogP contribution >= 0.6 is 11.3 Å². The summed E-state index contributed by atoms with van der Waals surface area (Å²) in [6, 6.07) is 12.6. The van der Waals surface area contributed by atoms with E-state index in [9.17, 15) is 13.2 Å². The minimum Gasteiger partial charge on any atom is -0.492 e. The molecule has 1 aromatic carbocycles. The lowest BCUT2D eigenvalue weighted by Gasteiger charge is -2.13. The molecule has 1 aliphatic rings. The number of amides is 1. The molecule has 1 atom stereocenters. The average Bonchev–Trinajstić information content (AvgIpc) is 3.54. The monoisotopic (exact) mass is 496 g/mol. The van der Waals surface area contributed by atoms with Gasteiger partial charge in [-0.2, -0.15) is 5.10 Å². The second-order valence-electron chi connectivity index (χ2n) is 8.20. The fourth-order valence-electron chi connectivity index (χ4n) is 4.31. The van der Waals surface area contributed by atoms with Gasteiger partial charge in [0.25, 0.3) is 5.91 Å². The van der Waals surface area contributed by atoms with Crippen molar-refractivity contribution in [2.75, 3.05) is 23.4 Å². The van der Waals surface area contributed by atoms with Crippen LogP contribution in [0.5, 0.6) is 5.75 Å². The minimum absolute atomic E-state index is 0.0252. The molecule has 5 rings (SSSR count). The van der Waals surface area contributed by atoms with Gasteiger partial charge in [-0.25, -0.2) is 18.1 Å². The lowest BCUT2D eigenvalue weighted by atomic mass is 10.1. The fourth-order valence-corrected chi connectivity index (χ4v) is 6.68. The molecule has 1 saturated heterocycles. The lowest BCUT2D eigenvalue weighted by molar-refractivity contribution is 0.102. The number of thiophene rings is 1. The predicted molar refractivity (Wildman–Crippen MR) is 133 cm³/mol. The van der Waals surface area contributed by atoms with Crippen LogP contribution < -0.4 is 10.1 Å². The third kappa shape index (κ3) is 4.19. The normalized spacial score (nSPS) is 17.2. The number of carbonyl (C=O) groups excluding carboxylic acids is 1. The van der Waals surface area contributed by atoms with Crippen LogP contribution in [0.15, 0.2) is 47.8 Å². The van der Waals surface area contributed by atoms with Crippen LogP contribution in [0.4, 0.5) is 5.69 Å². The summed E-state index contributed by atoms with van der Waals surface area (Å²) in [5.74, 6) is 0.437. The van der Waals surface area contributed by atoms with Crippen molar-refractivity contribution in [3.63, 3.8) is 0 Å². The van der Waals surface area contributed by atoms with Crippen LogP contribution in [-0.2, 0) is 9.84 Å². The van der Waals surface area contributed by atoms with Crippen molar-refractivity contribution in [3.05, 3.63) is 59.1 Å². The molecule has 0 radical (unpaired) electrons. The SMILES string of the molecule is CCOc1ccccc1NC(=O)c1cc(-c2cccs2)nc2c1c(C)nn2C1CCS(=O)(=O)C1. The van der Waals surface area contributed by atoms with Crippen molar-refractivity contribution >= 4 is 43.8 Å². The maximum absolute atomic E-state index is 13.6. The molecule has 1 amide bonds. The number of aromatic nitrogens is 3. The van der Waals surface area contributed by atoms with E-state index in [1.165, 1.54) is 11.3 Å². The summed E-state index contributed by atoms with van der Waals surface area (Å²) in [5, 5.41) is 10.2. The number of nitrogens with zero attached hydrogens (tertiary/aromatic N) is 3. The third-order valence-corrected chi connectivity index (χ3v) is 8.49. The second kappa shape index (κ2) is 8.84. The molecule has 10 heteroatoms. The Hall–Kier alpha value is -3.24. The Morgan fingerprint density at radius 3 is 2.79 bits per heavy atom. The molecule has 8 nitrogen and oxygen atoms in total. The smallest absolute Gasteiger partial charge is 0.256 e. The Morgan fingerprint density at radius 2 is 2.09 bits per heavy atom. The first-order valence-electron chi connectivity index (χ1n) is 11.0. The molecule has 0 spiro atoms. The van der Waals surface area contributed by atoms with Gasteiger partial charge in [0.05, 0.1) is 57.1 Å². The first kappa shape index (κ1) is 22.5. The molecule has 1 N–H and O–H groups in total. The van der Waals surface area contributed by atoms with Gasteiger partial charge in [-0.05, 0) is 49.9 Å². The molecule has 176 valence electrons. The van der Waals surface area contributed by atoms with Gasteiger partial charge in [-0.3, -0.25) is 4.79 Å². The van der Waals surface area contributed by atoms with E-state index in [0.717, 1.165) is 4.88 Å². The van der Waals surface area contributed by atoms with Gasteiger partial charge in [-0.15, -0.1) is 11.3 Å². The molecule has 0 bridgehead atoms. The molecule has 0 saturated carbocycles. The number of benzene rings is 1. The molecule has 1 aliphatic heterocycles. The number of pyridine rings is 1. The van der Waals surface area contributed by atoms with E-state index in [0.29, 0.717) is 52.4 Å². The van der Waals surface area contributed by atoms with Crippen molar-refractivity contribution in [3.8, 4) is 16.3 Å².